The van der Waals surface area contributed by atoms with Crippen molar-refractivity contribution in [3.05, 3.63) is 62.9 Å². The van der Waals surface area contributed by atoms with Gasteiger partial charge in [0.05, 0.1) is 36.0 Å². The van der Waals surface area contributed by atoms with Crippen molar-refractivity contribution in [1.29, 1.82) is 0 Å². The van der Waals surface area contributed by atoms with Crippen LogP contribution in [-0.2, 0) is 11.3 Å². The zero-order valence-electron chi connectivity index (χ0n) is 19.1. The molecule has 2 aromatic carbocycles. The number of nitrogens with zero attached hydrogens (tertiary/aromatic N) is 2. The second-order valence-corrected chi connectivity index (χ2v) is 9.58. The van der Waals surface area contributed by atoms with Gasteiger partial charge in [-0.15, -0.1) is 11.3 Å². The Morgan fingerprint density at radius 1 is 1.24 bits per heavy atom. The Kier molecular flexibility index (Phi) is 7.65. The number of hydrogen-bond donors (Lipinski definition) is 1. The van der Waals surface area contributed by atoms with Crippen molar-refractivity contribution in [2.24, 2.45) is 0 Å². The molecule has 0 unspecified atom stereocenters. The Morgan fingerprint density at radius 2 is 2.03 bits per heavy atom. The number of halogens is 1. The first-order chi connectivity index (χ1) is 15.9. The minimum Gasteiger partial charge on any atom is -0.497 e. The molecule has 6 nitrogen and oxygen atoms in total. The smallest absolute Gasteiger partial charge is 0.255 e. The summed E-state index contributed by atoms with van der Waals surface area (Å²) in [5, 5.41) is 6.64. The molecule has 0 bridgehead atoms. The molecule has 1 N–H and O–H groups in total. The van der Waals surface area contributed by atoms with Gasteiger partial charge < -0.3 is 14.8 Å². The normalized spacial score (nSPS) is 14.5. The minimum atomic E-state index is -0.180. The summed E-state index contributed by atoms with van der Waals surface area (Å²) >= 11 is 8.19. The van der Waals surface area contributed by atoms with Crippen LogP contribution in [0.2, 0.25) is 5.02 Å². The number of hydrogen-bond acceptors (Lipinski definition) is 6. The van der Waals surface area contributed by atoms with E-state index in [9.17, 15) is 4.79 Å². The molecule has 0 atom stereocenters. The van der Waals surface area contributed by atoms with Crippen LogP contribution in [0.1, 0.15) is 40.7 Å². The number of carbonyl (C=O) groups is 1. The third-order valence-corrected chi connectivity index (χ3v) is 7.03. The number of ether oxygens (including phenoxy) is 2. The van der Waals surface area contributed by atoms with Crippen molar-refractivity contribution in [2.75, 3.05) is 38.7 Å². The second-order valence-electron chi connectivity index (χ2n) is 8.29. The van der Waals surface area contributed by atoms with Gasteiger partial charge in [-0.05, 0) is 42.0 Å². The Bertz CT molecular complexity index is 1130. The van der Waals surface area contributed by atoms with Gasteiger partial charge in [0.25, 0.3) is 5.91 Å². The summed E-state index contributed by atoms with van der Waals surface area (Å²) in [5.41, 5.74) is 3.88. The maximum absolute atomic E-state index is 13.2. The van der Waals surface area contributed by atoms with Crippen molar-refractivity contribution in [2.45, 2.75) is 26.3 Å². The molecule has 0 spiro atoms. The zero-order valence-corrected chi connectivity index (χ0v) is 20.6. The number of carbonyl (C=O) groups excluding carboxylic acids is 1. The Labute approximate surface area is 203 Å². The van der Waals surface area contributed by atoms with Gasteiger partial charge in [-0.2, -0.15) is 0 Å². The van der Waals surface area contributed by atoms with Crippen LogP contribution in [0, 0.1) is 0 Å². The summed E-state index contributed by atoms with van der Waals surface area (Å²) in [6.07, 6.45) is 0. The lowest BCUT2D eigenvalue weighted by Gasteiger charge is -2.27. The van der Waals surface area contributed by atoms with E-state index in [1.807, 2.05) is 35.7 Å². The van der Waals surface area contributed by atoms with E-state index in [1.54, 1.807) is 24.5 Å². The number of anilines is 1. The highest BCUT2D eigenvalue weighted by atomic mass is 35.5. The minimum absolute atomic E-state index is 0.180. The first kappa shape index (κ1) is 23.7. The van der Waals surface area contributed by atoms with Gasteiger partial charge in [-0.25, -0.2) is 4.98 Å². The highest BCUT2D eigenvalue weighted by Crippen LogP contribution is 2.33. The van der Waals surface area contributed by atoms with Crippen LogP contribution < -0.4 is 10.1 Å². The SMILES string of the molecule is COc1ccc(C(=O)Nc2ccc(-c3csc(C(C)C)n3)c(Cl)c2)c(CN2CCOCC2)c1. The molecule has 0 saturated carbocycles. The maximum atomic E-state index is 13.2. The number of aromatic nitrogens is 1. The molecular weight excluding hydrogens is 458 g/mol. The maximum Gasteiger partial charge on any atom is 0.255 e. The predicted octanol–water partition coefficient (Wildman–Crippen LogP) is 5.68. The van der Waals surface area contributed by atoms with Crippen molar-refractivity contribution < 1.29 is 14.3 Å². The fourth-order valence-corrected chi connectivity index (χ4v) is 4.84. The second kappa shape index (κ2) is 10.7. The number of rotatable bonds is 7. The van der Waals surface area contributed by atoms with Crippen LogP contribution in [0.5, 0.6) is 5.75 Å². The molecule has 2 heterocycles. The first-order valence-electron chi connectivity index (χ1n) is 11.0. The van der Waals surface area contributed by atoms with Gasteiger partial charge in [-0.1, -0.05) is 25.4 Å². The van der Waals surface area contributed by atoms with Gasteiger partial charge in [0.15, 0.2) is 0 Å². The molecular formula is C25H28ClN3O3S. The van der Waals surface area contributed by atoms with Crippen molar-refractivity contribution >= 4 is 34.5 Å². The van der Waals surface area contributed by atoms with Crippen LogP contribution in [0.3, 0.4) is 0 Å². The van der Waals surface area contributed by atoms with Gasteiger partial charge in [0.1, 0.15) is 5.75 Å². The third-order valence-electron chi connectivity index (χ3n) is 5.57. The molecule has 174 valence electrons. The van der Waals surface area contributed by atoms with Crippen LogP contribution in [0.4, 0.5) is 5.69 Å². The van der Waals surface area contributed by atoms with E-state index in [0.29, 0.717) is 41.9 Å². The number of methoxy groups -OCH3 is 1. The number of nitrogens with one attached hydrogen (secondary N) is 1. The first-order valence-corrected chi connectivity index (χ1v) is 12.2. The predicted molar refractivity (Wildman–Crippen MR) is 134 cm³/mol. The van der Waals surface area contributed by atoms with E-state index in [-0.39, 0.29) is 5.91 Å². The Hall–Kier alpha value is -2.45. The zero-order chi connectivity index (χ0) is 23.4. The van der Waals surface area contributed by atoms with Gasteiger partial charge in [0.2, 0.25) is 0 Å². The average molecular weight is 486 g/mol. The van der Waals surface area contributed by atoms with E-state index in [0.717, 1.165) is 40.7 Å². The van der Waals surface area contributed by atoms with Gasteiger partial charge in [0, 0.05) is 47.7 Å². The van der Waals surface area contributed by atoms with Crippen LogP contribution in [0.25, 0.3) is 11.3 Å². The van der Waals surface area contributed by atoms with Crippen LogP contribution >= 0.6 is 22.9 Å². The lowest BCUT2D eigenvalue weighted by Crippen LogP contribution is -2.36. The quantitative estimate of drug-likeness (QED) is 0.466. The lowest BCUT2D eigenvalue weighted by molar-refractivity contribution is 0.0341. The van der Waals surface area contributed by atoms with E-state index in [2.05, 4.69) is 29.0 Å². The standard InChI is InChI=1S/C25H28ClN3O3S/c1-16(2)25-28-23(15-33-25)21-6-4-18(13-22(21)26)27-24(30)20-7-5-19(31-3)12-17(20)14-29-8-10-32-11-9-29/h4-7,12-13,15-16H,8-11,14H2,1-3H3,(H,27,30). The molecule has 3 aromatic rings. The van der Waals surface area contributed by atoms with E-state index in [1.165, 1.54) is 0 Å². The molecule has 1 amide bonds. The molecule has 8 heteroatoms. The summed E-state index contributed by atoms with van der Waals surface area (Å²) in [6.45, 7) is 7.98. The summed E-state index contributed by atoms with van der Waals surface area (Å²) in [5.74, 6) is 0.920. The summed E-state index contributed by atoms with van der Waals surface area (Å²) < 4.78 is 10.8. The highest BCUT2D eigenvalue weighted by Gasteiger charge is 2.18. The molecule has 0 aliphatic carbocycles. The van der Waals surface area contributed by atoms with Gasteiger partial charge >= 0.3 is 0 Å². The van der Waals surface area contributed by atoms with Crippen molar-refractivity contribution in [1.82, 2.24) is 9.88 Å². The molecule has 1 saturated heterocycles. The summed E-state index contributed by atoms with van der Waals surface area (Å²) in [4.78, 5) is 20.1. The molecule has 1 fully saturated rings. The van der Waals surface area contributed by atoms with Gasteiger partial charge in [-0.3, -0.25) is 9.69 Å². The number of benzene rings is 2. The highest BCUT2D eigenvalue weighted by molar-refractivity contribution is 7.10. The Morgan fingerprint density at radius 3 is 2.70 bits per heavy atom. The number of thiazole rings is 1. The topological polar surface area (TPSA) is 63.7 Å². The van der Waals surface area contributed by atoms with Crippen molar-refractivity contribution in [3.8, 4) is 17.0 Å². The molecule has 1 aliphatic rings. The molecule has 4 rings (SSSR count). The fourth-order valence-electron chi connectivity index (χ4n) is 3.73. The molecule has 33 heavy (non-hydrogen) atoms. The molecule has 0 radical (unpaired) electrons. The van der Waals surface area contributed by atoms with Crippen molar-refractivity contribution in [3.63, 3.8) is 0 Å². The number of morpholine rings is 1. The average Bonchev–Trinajstić information content (AvgIpc) is 3.30. The summed E-state index contributed by atoms with van der Waals surface area (Å²) in [6, 6.07) is 11.1. The fraction of sp³-hybridized carbons (Fsp3) is 0.360. The molecule has 1 aromatic heterocycles. The largest absolute Gasteiger partial charge is 0.497 e. The van der Waals surface area contributed by atoms with E-state index in [4.69, 9.17) is 21.1 Å². The third kappa shape index (κ3) is 5.73. The summed E-state index contributed by atoms with van der Waals surface area (Å²) in [7, 11) is 1.63. The molecule has 1 aliphatic heterocycles. The lowest BCUT2D eigenvalue weighted by atomic mass is 10.0. The van der Waals surface area contributed by atoms with Crippen LogP contribution in [0.15, 0.2) is 41.8 Å². The van der Waals surface area contributed by atoms with Crippen LogP contribution in [-0.4, -0.2) is 49.2 Å². The van der Waals surface area contributed by atoms with E-state index >= 15 is 0 Å². The van der Waals surface area contributed by atoms with E-state index < -0.39 is 0 Å². The monoisotopic (exact) mass is 485 g/mol. The number of amides is 1. The Balaban J connectivity index is 1.53.